The van der Waals surface area contributed by atoms with Gasteiger partial charge in [0.15, 0.2) is 0 Å². The van der Waals surface area contributed by atoms with Crippen LogP contribution in [0.25, 0.3) is 0 Å². The Hall–Kier alpha value is -1.25. The van der Waals surface area contributed by atoms with Gasteiger partial charge in [-0.1, -0.05) is 0 Å². The van der Waals surface area contributed by atoms with E-state index in [2.05, 4.69) is 14.9 Å². The number of nitrogens with zero attached hydrogens (tertiary/aromatic N) is 4. The molecular weight excluding hydrogens is 328 g/mol. The summed E-state index contributed by atoms with van der Waals surface area (Å²) in [5.41, 5.74) is -0.159. The Kier molecular flexibility index (Phi) is 4.22. The molecule has 4 rings (SSSR count). The summed E-state index contributed by atoms with van der Waals surface area (Å²) in [5, 5.41) is -0.143. The zero-order valence-corrected chi connectivity index (χ0v) is 14.6. The van der Waals surface area contributed by atoms with Gasteiger partial charge in [-0.25, -0.2) is 17.7 Å². The van der Waals surface area contributed by atoms with E-state index in [4.69, 9.17) is 4.74 Å². The molecule has 1 aliphatic carbocycles. The number of aromatic nitrogens is 2. The van der Waals surface area contributed by atoms with Crippen LogP contribution in [0.5, 0.6) is 0 Å². The highest BCUT2D eigenvalue weighted by molar-refractivity contribution is 7.90. The lowest BCUT2D eigenvalue weighted by Crippen LogP contribution is -2.52. The Morgan fingerprint density at radius 2 is 2.08 bits per heavy atom. The van der Waals surface area contributed by atoms with Crippen molar-refractivity contribution in [3.8, 4) is 0 Å². The first-order valence-electron chi connectivity index (χ1n) is 8.67. The lowest BCUT2D eigenvalue weighted by molar-refractivity contribution is 0.0350. The zero-order chi connectivity index (χ0) is 16.6. The quantitative estimate of drug-likeness (QED) is 0.804. The standard InChI is InChI=1S/C16H24N4O3S/c21-24(22,14-2-3-14)20-7-1-4-16(12-20)11-19(8-9-23-13-16)15-10-17-5-6-18-15/h5-6,10,14H,1-4,7-9,11-13H2/t16-/m1/s1. The average Bonchev–Trinajstić information content (AvgIpc) is 3.44. The number of rotatable bonds is 3. The lowest BCUT2D eigenvalue weighted by Gasteiger charge is -2.43. The maximum Gasteiger partial charge on any atom is 0.217 e. The Bertz CT molecular complexity index is 680. The van der Waals surface area contributed by atoms with E-state index in [1.54, 1.807) is 22.9 Å². The second-order valence-electron chi connectivity index (χ2n) is 7.22. The van der Waals surface area contributed by atoms with Gasteiger partial charge in [-0.2, -0.15) is 0 Å². The van der Waals surface area contributed by atoms with E-state index < -0.39 is 10.0 Å². The van der Waals surface area contributed by atoms with Gasteiger partial charge < -0.3 is 9.64 Å². The third-order valence-electron chi connectivity index (χ3n) is 5.25. The van der Waals surface area contributed by atoms with Gasteiger partial charge in [-0.05, 0) is 25.7 Å². The lowest BCUT2D eigenvalue weighted by atomic mass is 9.81. The van der Waals surface area contributed by atoms with Gasteiger partial charge in [0.05, 0.1) is 24.7 Å². The van der Waals surface area contributed by atoms with E-state index >= 15 is 0 Å². The minimum atomic E-state index is -3.13. The molecule has 3 aliphatic rings. The molecule has 2 aliphatic heterocycles. The molecule has 0 radical (unpaired) electrons. The van der Waals surface area contributed by atoms with Crippen LogP contribution in [0.2, 0.25) is 0 Å². The predicted molar refractivity (Wildman–Crippen MR) is 90.2 cm³/mol. The van der Waals surface area contributed by atoms with Crippen molar-refractivity contribution in [2.45, 2.75) is 30.9 Å². The van der Waals surface area contributed by atoms with Crippen molar-refractivity contribution in [3.63, 3.8) is 0 Å². The maximum absolute atomic E-state index is 12.7. The van der Waals surface area contributed by atoms with Crippen molar-refractivity contribution >= 4 is 15.8 Å². The van der Waals surface area contributed by atoms with Crippen LogP contribution in [0.3, 0.4) is 0 Å². The summed E-state index contributed by atoms with van der Waals surface area (Å²) in [5.74, 6) is 0.838. The van der Waals surface area contributed by atoms with Gasteiger partial charge in [-0.3, -0.25) is 4.98 Å². The summed E-state index contributed by atoms with van der Waals surface area (Å²) in [6, 6.07) is 0. The molecule has 24 heavy (non-hydrogen) atoms. The van der Waals surface area contributed by atoms with Crippen LogP contribution in [-0.2, 0) is 14.8 Å². The molecule has 7 nitrogen and oxygen atoms in total. The van der Waals surface area contributed by atoms with Crippen LogP contribution in [0, 0.1) is 5.41 Å². The Morgan fingerprint density at radius 3 is 2.83 bits per heavy atom. The van der Waals surface area contributed by atoms with Gasteiger partial charge in [0.2, 0.25) is 10.0 Å². The topological polar surface area (TPSA) is 75.6 Å². The SMILES string of the molecule is O=S(=O)(C1CC1)N1CCC[C@]2(COCCN(c3cnccn3)C2)C1. The third kappa shape index (κ3) is 3.14. The second-order valence-corrected chi connectivity index (χ2v) is 9.43. The summed E-state index contributed by atoms with van der Waals surface area (Å²) in [6.45, 7) is 3.97. The number of hydrogen-bond acceptors (Lipinski definition) is 6. The van der Waals surface area contributed by atoms with Crippen LogP contribution in [0.15, 0.2) is 18.6 Å². The van der Waals surface area contributed by atoms with E-state index in [1.807, 2.05) is 0 Å². The molecule has 1 aromatic heterocycles. The van der Waals surface area contributed by atoms with Crippen molar-refractivity contribution in [2.24, 2.45) is 5.41 Å². The highest BCUT2D eigenvalue weighted by Crippen LogP contribution is 2.38. The Morgan fingerprint density at radius 1 is 1.21 bits per heavy atom. The van der Waals surface area contributed by atoms with E-state index in [0.717, 1.165) is 44.6 Å². The minimum Gasteiger partial charge on any atom is -0.379 e. The molecule has 0 N–H and O–H groups in total. The summed E-state index contributed by atoms with van der Waals surface area (Å²) in [7, 11) is -3.13. The van der Waals surface area contributed by atoms with Gasteiger partial charge in [0.25, 0.3) is 0 Å². The van der Waals surface area contributed by atoms with E-state index in [0.29, 0.717) is 26.3 Å². The summed E-state index contributed by atoms with van der Waals surface area (Å²) >= 11 is 0. The van der Waals surface area contributed by atoms with E-state index in [-0.39, 0.29) is 10.7 Å². The molecule has 3 fully saturated rings. The van der Waals surface area contributed by atoms with Crippen LogP contribution in [0.4, 0.5) is 5.82 Å². The predicted octanol–water partition coefficient (Wildman–Crippen LogP) is 0.888. The molecule has 3 heterocycles. The highest BCUT2D eigenvalue weighted by Gasteiger charge is 2.46. The van der Waals surface area contributed by atoms with E-state index in [1.165, 1.54) is 0 Å². The largest absolute Gasteiger partial charge is 0.379 e. The first kappa shape index (κ1) is 16.2. The molecule has 0 amide bonds. The molecule has 132 valence electrons. The van der Waals surface area contributed by atoms with Gasteiger partial charge in [0.1, 0.15) is 5.82 Å². The number of sulfonamides is 1. The van der Waals surface area contributed by atoms with Gasteiger partial charge in [-0.15, -0.1) is 0 Å². The molecule has 1 aromatic rings. The van der Waals surface area contributed by atoms with Crippen LogP contribution < -0.4 is 4.90 Å². The monoisotopic (exact) mass is 352 g/mol. The zero-order valence-electron chi connectivity index (χ0n) is 13.8. The third-order valence-corrected chi connectivity index (χ3v) is 7.59. The summed E-state index contributed by atoms with van der Waals surface area (Å²) < 4.78 is 32.9. The highest BCUT2D eigenvalue weighted by atomic mass is 32.2. The summed E-state index contributed by atoms with van der Waals surface area (Å²) in [4.78, 5) is 10.8. The second kappa shape index (κ2) is 6.24. The fourth-order valence-electron chi connectivity index (χ4n) is 3.85. The Balaban J connectivity index is 1.56. The van der Waals surface area contributed by atoms with Gasteiger partial charge >= 0.3 is 0 Å². The smallest absolute Gasteiger partial charge is 0.217 e. The van der Waals surface area contributed by atoms with Crippen LogP contribution >= 0.6 is 0 Å². The van der Waals surface area contributed by atoms with Crippen molar-refractivity contribution in [1.29, 1.82) is 0 Å². The van der Waals surface area contributed by atoms with Crippen molar-refractivity contribution in [3.05, 3.63) is 18.6 Å². The molecule has 0 bridgehead atoms. The first-order valence-corrected chi connectivity index (χ1v) is 10.2. The number of hydrogen-bond donors (Lipinski definition) is 0. The molecule has 1 spiro atoms. The van der Waals surface area contributed by atoms with Crippen molar-refractivity contribution < 1.29 is 13.2 Å². The number of piperidine rings is 1. The summed E-state index contributed by atoms with van der Waals surface area (Å²) in [6.07, 6.45) is 8.63. The van der Waals surface area contributed by atoms with Gasteiger partial charge in [0, 0.05) is 44.0 Å². The van der Waals surface area contributed by atoms with Crippen molar-refractivity contribution in [1.82, 2.24) is 14.3 Å². The van der Waals surface area contributed by atoms with Crippen molar-refractivity contribution in [2.75, 3.05) is 44.3 Å². The molecule has 8 heteroatoms. The molecule has 2 saturated heterocycles. The molecule has 0 unspecified atom stereocenters. The number of ether oxygens (including phenoxy) is 1. The molecule has 0 aromatic carbocycles. The van der Waals surface area contributed by atoms with Crippen LogP contribution in [-0.4, -0.2) is 67.3 Å². The fourth-order valence-corrected chi connectivity index (χ4v) is 5.84. The first-order chi connectivity index (χ1) is 11.6. The minimum absolute atomic E-state index is 0.143. The molecule has 1 saturated carbocycles. The molecule has 1 atom stereocenters. The number of anilines is 1. The Labute approximate surface area is 143 Å². The normalized spacial score (nSPS) is 29.6. The van der Waals surface area contributed by atoms with Crippen LogP contribution in [0.1, 0.15) is 25.7 Å². The van der Waals surface area contributed by atoms with E-state index in [9.17, 15) is 8.42 Å². The average molecular weight is 352 g/mol. The maximum atomic E-state index is 12.7. The molecular formula is C16H24N4O3S. The fraction of sp³-hybridized carbons (Fsp3) is 0.750.